The Kier molecular flexibility index (Phi) is 5.85. The third-order valence-corrected chi connectivity index (χ3v) is 5.73. The summed E-state index contributed by atoms with van der Waals surface area (Å²) in [6, 6.07) is 15.2. The first-order valence-corrected chi connectivity index (χ1v) is 9.94. The highest BCUT2D eigenvalue weighted by atomic mass is 32.2. The molecular formula is C20H18N2O2S2. The Labute approximate surface area is 160 Å². The second-order valence-electron chi connectivity index (χ2n) is 5.84. The summed E-state index contributed by atoms with van der Waals surface area (Å²) >= 11 is 2.94. The second-order valence-corrected chi connectivity index (χ2v) is 7.92. The number of nitrogens with zero attached hydrogens (tertiary/aromatic N) is 1. The van der Waals surface area contributed by atoms with E-state index >= 15 is 0 Å². The molecule has 0 radical (unpaired) electrons. The van der Waals surface area contributed by atoms with Gasteiger partial charge in [0.2, 0.25) is 5.91 Å². The number of carbonyl (C=O) groups is 2. The summed E-state index contributed by atoms with van der Waals surface area (Å²) in [5.41, 5.74) is 4.42. The van der Waals surface area contributed by atoms with Crippen LogP contribution in [0.2, 0.25) is 0 Å². The number of rotatable bonds is 6. The largest absolute Gasteiger partial charge is 0.325 e. The molecule has 0 unspecified atom stereocenters. The zero-order chi connectivity index (χ0) is 18.5. The van der Waals surface area contributed by atoms with Crippen LogP contribution in [0.4, 0.5) is 5.69 Å². The average Bonchev–Trinajstić information content (AvgIpc) is 3.10. The SMILES string of the molecule is CC(=O)c1cccc(NC(=O)CSc2nc(-c3ccc(C)cc3)cs2)c1. The Morgan fingerprint density at radius 3 is 2.65 bits per heavy atom. The van der Waals surface area contributed by atoms with E-state index in [0.29, 0.717) is 11.3 Å². The van der Waals surface area contributed by atoms with Crippen LogP contribution in [0.3, 0.4) is 0 Å². The number of hydrogen-bond acceptors (Lipinski definition) is 5. The van der Waals surface area contributed by atoms with Crippen molar-refractivity contribution in [2.75, 3.05) is 11.1 Å². The number of aryl methyl sites for hydroxylation is 1. The quantitative estimate of drug-likeness (QED) is 0.479. The number of benzene rings is 2. The van der Waals surface area contributed by atoms with Crippen molar-refractivity contribution in [1.29, 1.82) is 0 Å². The minimum absolute atomic E-state index is 0.0260. The van der Waals surface area contributed by atoms with Gasteiger partial charge in [-0.1, -0.05) is 53.7 Å². The first-order chi connectivity index (χ1) is 12.5. The Balaban J connectivity index is 1.57. The van der Waals surface area contributed by atoms with Crippen molar-refractivity contribution in [3.05, 3.63) is 65.0 Å². The van der Waals surface area contributed by atoms with Crippen LogP contribution in [-0.2, 0) is 4.79 Å². The Morgan fingerprint density at radius 2 is 1.92 bits per heavy atom. The monoisotopic (exact) mass is 382 g/mol. The molecule has 0 aliphatic heterocycles. The van der Waals surface area contributed by atoms with Crippen LogP contribution in [0.5, 0.6) is 0 Å². The molecule has 0 aliphatic rings. The summed E-state index contributed by atoms with van der Waals surface area (Å²) in [5, 5.41) is 4.82. The lowest BCUT2D eigenvalue weighted by Crippen LogP contribution is -2.14. The van der Waals surface area contributed by atoms with Gasteiger partial charge in [-0.25, -0.2) is 4.98 Å². The summed E-state index contributed by atoms with van der Waals surface area (Å²) in [5.74, 6) is 0.121. The highest BCUT2D eigenvalue weighted by Gasteiger charge is 2.09. The predicted molar refractivity (Wildman–Crippen MR) is 108 cm³/mol. The molecule has 0 fully saturated rings. The van der Waals surface area contributed by atoms with E-state index in [1.54, 1.807) is 24.3 Å². The predicted octanol–water partition coefficient (Wildman–Crippen LogP) is 5.05. The van der Waals surface area contributed by atoms with E-state index in [9.17, 15) is 9.59 Å². The first kappa shape index (κ1) is 18.4. The van der Waals surface area contributed by atoms with Crippen molar-refractivity contribution < 1.29 is 9.59 Å². The number of Topliss-reactive ketones (excluding diaryl/α,β-unsaturated/α-hetero) is 1. The molecule has 0 saturated heterocycles. The molecule has 0 saturated carbocycles. The molecule has 132 valence electrons. The zero-order valence-corrected chi connectivity index (χ0v) is 16.1. The number of thioether (sulfide) groups is 1. The fourth-order valence-electron chi connectivity index (χ4n) is 2.32. The van der Waals surface area contributed by atoms with Crippen molar-refractivity contribution in [1.82, 2.24) is 4.98 Å². The van der Waals surface area contributed by atoms with Gasteiger partial charge in [-0.2, -0.15) is 0 Å². The molecule has 3 aromatic rings. The number of ketones is 1. The van der Waals surface area contributed by atoms with E-state index in [1.807, 2.05) is 17.5 Å². The van der Waals surface area contributed by atoms with Gasteiger partial charge in [-0.05, 0) is 26.0 Å². The molecule has 1 aromatic heterocycles. The third kappa shape index (κ3) is 4.80. The highest BCUT2D eigenvalue weighted by Crippen LogP contribution is 2.28. The number of nitrogens with one attached hydrogen (secondary N) is 1. The standard InChI is InChI=1S/C20H18N2O2S2/c1-13-6-8-15(9-7-13)18-11-25-20(22-18)26-12-19(24)21-17-5-3-4-16(10-17)14(2)23/h3-11H,12H2,1-2H3,(H,21,24). The average molecular weight is 383 g/mol. The molecule has 0 aliphatic carbocycles. The number of anilines is 1. The number of carbonyl (C=O) groups excluding carboxylic acids is 2. The molecule has 0 bridgehead atoms. The van der Waals surface area contributed by atoms with Crippen LogP contribution in [0, 0.1) is 6.92 Å². The molecule has 0 atom stereocenters. The van der Waals surface area contributed by atoms with Crippen molar-refractivity contribution in [3.63, 3.8) is 0 Å². The van der Waals surface area contributed by atoms with E-state index in [0.717, 1.165) is 15.6 Å². The van der Waals surface area contributed by atoms with Crippen LogP contribution < -0.4 is 5.32 Å². The lowest BCUT2D eigenvalue weighted by molar-refractivity contribution is -0.113. The number of hydrogen-bond donors (Lipinski definition) is 1. The van der Waals surface area contributed by atoms with Gasteiger partial charge < -0.3 is 5.32 Å². The molecule has 1 heterocycles. The molecule has 6 heteroatoms. The lowest BCUT2D eigenvalue weighted by Gasteiger charge is -2.05. The normalized spacial score (nSPS) is 10.5. The smallest absolute Gasteiger partial charge is 0.234 e. The molecular weight excluding hydrogens is 364 g/mol. The van der Waals surface area contributed by atoms with Crippen molar-refractivity contribution in [2.24, 2.45) is 0 Å². The third-order valence-electron chi connectivity index (χ3n) is 3.71. The summed E-state index contributed by atoms with van der Waals surface area (Å²) in [7, 11) is 0. The molecule has 26 heavy (non-hydrogen) atoms. The summed E-state index contributed by atoms with van der Waals surface area (Å²) in [6.45, 7) is 3.56. The van der Waals surface area contributed by atoms with Gasteiger partial charge in [0, 0.05) is 22.2 Å². The van der Waals surface area contributed by atoms with Crippen LogP contribution in [0.15, 0.2) is 58.3 Å². The summed E-state index contributed by atoms with van der Waals surface area (Å²) < 4.78 is 0.855. The van der Waals surface area contributed by atoms with Crippen LogP contribution in [-0.4, -0.2) is 22.4 Å². The minimum Gasteiger partial charge on any atom is -0.325 e. The fraction of sp³-hybridized carbons (Fsp3) is 0.150. The van der Waals surface area contributed by atoms with Crippen LogP contribution in [0.1, 0.15) is 22.8 Å². The lowest BCUT2D eigenvalue weighted by atomic mass is 10.1. The van der Waals surface area contributed by atoms with Gasteiger partial charge in [0.05, 0.1) is 11.4 Å². The topological polar surface area (TPSA) is 59.1 Å². The van der Waals surface area contributed by atoms with E-state index in [2.05, 4.69) is 29.4 Å². The molecule has 2 aromatic carbocycles. The maximum Gasteiger partial charge on any atom is 0.234 e. The van der Waals surface area contributed by atoms with Gasteiger partial charge in [0.1, 0.15) is 0 Å². The minimum atomic E-state index is -0.122. The molecule has 3 rings (SSSR count). The van der Waals surface area contributed by atoms with Crippen LogP contribution >= 0.6 is 23.1 Å². The first-order valence-electron chi connectivity index (χ1n) is 8.07. The summed E-state index contributed by atoms with van der Waals surface area (Å²) in [4.78, 5) is 28.1. The number of aromatic nitrogens is 1. The van der Waals surface area contributed by atoms with Gasteiger partial charge in [0.15, 0.2) is 10.1 Å². The van der Waals surface area contributed by atoms with E-state index in [-0.39, 0.29) is 17.4 Å². The number of amides is 1. The molecule has 1 N–H and O–H groups in total. The van der Waals surface area contributed by atoms with Gasteiger partial charge in [-0.3, -0.25) is 9.59 Å². The maximum atomic E-state index is 12.1. The van der Waals surface area contributed by atoms with Crippen molar-refractivity contribution in [2.45, 2.75) is 18.2 Å². The Morgan fingerprint density at radius 1 is 1.15 bits per heavy atom. The van der Waals surface area contributed by atoms with Crippen LogP contribution in [0.25, 0.3) is 11.3 Å². The van der Waals surface area contributed by atoms with Crippen molar-refractivity contribution >= 4 is 40.5 Å². The van der Waals surface area contributed by atoms with Gasteiger partial charge >= 0.3 is 0 Å². The van der Waals surface area contributed by atoms with Gasteiger partial charge in [0.25, 0.3) is 0 Å². The van der Waals surface area contributed by atoms with E-state index in [4.69, 9.17) is 0 Å². The second kappa shape index (κ2) is 8.29. The molecule has 0 spiro atoms. The summed E-state index contributed by atoms with van der Waals surface area (Å²) in [6.07, 6.45) is 0. The Hall–Kier alpha value is -2.44. The van der Waals surface area contributed by atoms with Gasteiger partial charge in [-0.15, -0.1) is 11.3 Å². The van der Waals surface area contributed by atoms with Crippen molar-refractivity contribution in [3.8, 4) is 11.3 Å². The van der Waals surface area contributed by atoms with E-state index in [1.165, 1.54) is 35.6 Å². The molecule has 4 nitrogen and oxygen atoms in total. The zero-order valence-electron chi connectivity index (χ0n) is 14.5. The molecule has 1 amide bonds. The highest BCUT2D eigenvalue weighted by molar-refractivity contribution is 8.01. The number of thiazole rings is 1. The fourth-order valence-corrected chi connectivity index (χ4v) is 3.96. The Bertz CT molecular complexity index is 933. The maximum absolute atomic E-state index is 12.1. The van der Waals surface area contributed by atoms with E-state index < -0.39 is 0 Å².